The first-order chi connectivity index (χ1) is 7.16. The van der Waals surface area contributed by atoms with Gasteiger partial charge in [-0.1, -0.05) is 6.08 Å². The standard InChI is InChI=1S/C9H10BrN3O2/c1-2-3-4-12-9-7(10)5-11-6-8(9)13(14)15/h2,5-6H,1,3-4H2,(H,11,12). The molecule has 5 nitrogen and oxygen atoms in total. The highest BCUT2D eigenvalue weighted by Crippen LogP contribution is 2.30. The molecule has 0 aliphatic heterocycles. The van der Waals surface area contributed by atoms with Gasteiger partial charge in [-0.05, 0) is 22.4 Å². The van der Waals surface area contributed by atoms with E-state index in [1.807, 2.05) is 0 Å². The van der Waals surface area contributed by atoms with E-state index < -0.39 is 4.92 Å². The maximum Gasteiger partial charge on any atom is 0.311 e. The second-order valence-corrected chi connectivity index (χ2v) is 3.63. The van der Waals surface area contributed by atoms with Crippen molar-refractivity contribution in [3.8, 4) is 0 Å². The van der Waals surface area contributed by atoms with Crippen molar-refractivity contribution in [2.45, 2.75) is 6.42 Å². The molecule has 15 heavy (non-hydrogen) atoms. The van der Waals surface area contributed by atoms with Gasteiger partial charge in [0.1, 0.15) is 11.9 Å². The minimum Gasteiger partial charge on any atom is -0.378 e. The zero-order chi connectivity index (χ0) is 11.3. The first kappa shape index (κ1) is 11.6. The van der Waals surface area contributed by atoms with Crippen LogP contribution in [0.25, 0.3) is 0 Å². The molecule has 6 heteroatoms. The van der Waals surface area contributed by atoms with Crippen molar-refractivity contribution in [3.05, 3.63) is 39.6 Å². The molecular formula is C9H10BrN3O2. The smallest absolute Gasteiger partial charge is 0.311 e. The molecular weight excluding hydrogens is 262 g/mol. The van der Waals surface area contributed by atoms with Crippen molar-refractivity contribution in [2.75, 3.05) is 11.9 Å². The summed E-state index contributed by atoms with van der Waals surface area (Å²) in [7, 11) is 0. The van der Waals surface area contributed by atoms with Gasteiger partial charge in [0.25, 0.3) is 0 Å². The Morgan fingerprint density at radius 2 is 2.40 bits per heavy atom. The van der Waals surface area contributed by atoms with E-state index >= 15 is 0 Å². The maximum atomic E-state index is 10.7. The number of hydrogen-bond acceptors (Lipinski definition) is 4. The Bertz CT molecular complexity index is 382. The van der Waals surface area contributed by atoms with Gasteiger partial charge >= 0.3 is 5.69 Å². The molecule has 0 aliphatic rings. The van der Waals surface area contributed by atoms with Gasteiger partial charge in [0.15, 0.2) is 0 Å². The topological polar surface area (TPSA) is 68.1 Å². The van der Waals surface area contributed by atoms with Crippen LogP contribution >= 0.6 is 15.9 Å². The first-order valence-corrected chi connectivity index (χ1v) is 5.08. The molecule has 1 N–H and O–H groups in total. The predicted molar refractivity (Wildman–Crippen MR) is 61.9 cm³/mol. The van der Waals surface area contributed by atoms with E-state index in [9.17, 15) is 10.1 Å². The molecule has 0 fully saturated rings. The molecule has 0 amide bonds. The van der Waals surface area contributed by atoms with Crippen LogP contribution in [0, 0.1) is 10.1 Å². The fourth-order valence-corrected chi connectivity index (χ4v) is 1.50. The van der Waals surface area contributed by atoms with Gasteiger partial charge in [-0.15, -0.1) is 6.58 Å². The summed E-state index contributed by atoms with van der Waals surface area (Å²) in [5, 5.41) is 13.7. The summed E-state index contributed by atoms with van der Waals surface area (Å²) < 4.78 is 0.584. The molecule has 1 rings (SSSR count). The van der Waals surface area contributed by atoms with Gasteiger partial charge in [0, 0.05) is 12.7 Å². The molecule has 0 unspecified atom stereocenters. The fraction of sp³-hybridized carbons (Fsp3) is 0.222. The van der Waals surface area contributed by atoms with Gasteiger partial charge in [-0.2, -0.15) is 0 Å². The molecule has 0 saturated heterocycles. The molecule has 0 radical (unpaired) electrons. The second-order valence-electron chi connectivity index (χ2n) is 2.78. The predicted octanol–water partition coefficient (Wildman–Crippen LogP) is 2.74. The summed E-state index contributed by atoms with van der Waals surface area (Å²) in [4.78, 5) is 14.0. The number of nitrogens with one attached hydrogen (secondary N) is 1. The van der Waals surface area contributed by atoms with Crippen LogP contribution in [-0.4, -0.2) is 16.5 Å². The van der Waals surface area contributed by atoms with E-state index in [1.165, 1.54) is 12.4 Å². The van der Waals surface area contributed by atoms with Crippen LogP contribution in [0.15, 0.2) is 29.5 Å². The quantitative estimate of drug-likeness (QED) is 0.387. The Labute approximate surface area is 95.5 Å². The van der Waals surface area contributed by atoms with Crippen LogP contribution in [-0.2, 0) is 0 Å². The molecule has 0 aliphatic carbocycles. The monoisotopic (exact) mass is 271 g/mol. The fourth-order valence-electron chi connectivity index (χ4n) is 1.04. The number of nitrogens with zero attached hydrogens (tertiary/aromatic N) is 2. The molecule has 1 aromatic rings. The van der Waals surface area contributed by atoms with Crippen LogP contribution in [0.1, 0.15) is 6.42 Å². The van der Waals surface area contributed by atoms with E-state index in [2.05, 4.69) is 32.8 Å². The number of nitro groups is 1. The summed E-state index contributed by atoms with van der Waals surface area (Å²) in [5.74, 6) is 0. The van der Waals surface area contributed by atoms with E-state index in [0.29, 0.717) is 16.7 Å². The lowest BCUT2D eigenvalue weighted by molar-refractivity contribution is -0.384. The van der Waals surface area contributed by atoms with E-state index in [4.69, 9.17) is 0 Å². The third kappa shape index (κ3) is 3.02. The number of halogens is 1. The SMILES string of the molecule is C=CCCNc1c(Br)cncc1[N+](=O)[O-]. The zero-order valence-electron chi connectivity index (χ0n) is 7.94. The Hall–Kier alpha value is -1.43. The molecule has 0 bridgehead atoms. The molecule has 0 atom stereocenters. The zero-order valence-corrected chi connectivity index (χ0v) is 9.53. The molecule has 80 valence electrons. The summed E-state index contributed by atoms with van der Waals surface area (Å²) in [6.07, 6.45) is 5.23. The normalized spacial score (nSPS) is 9.67. The minimum atomic E-state index is -0.464. The molecule has 0 aromatic carbocycles. The number of hydrogen-bond donors (Lipinski definition) is 1. The van der Waals surface area contributed by atoms with Crippen molar-refractivity contribution in [3.63, 3.8) is 0 Å². The highest BCUT2D eigenvalue weighted by atomic mass is 79.9. The summed E-state index contributed by atoms with van der Waals surface area (Å²) >= 11 is 3.21. The lowest BCUT2D eigenvalue weighted by atomic mass is 10.3. The summed E-state index contributed by atoms with van der Waals surface area (Å²) in [6, 6.07) is 0. The van der Waals surface area contributed by atoms with Gasteiger partial charge in [0.05, 0.1) is 9.40 Å². The van der Waals surface area contributed by atoms with E-state index in [1.54, 1.807) is 6.08 Å². The van der Waals surface area contributed by atoms with E-state index in [-0.39, 0.29) is 5.69 Å². The van der Waals surface area contributed by atoms with Gasteiger partial charge in [0.2, 0.25) is 0 Å². The Kier molecular flexibility index (Phi) is 4.23. The first-order valence-electron chi connectivity index (χ1n) is 4.29. The van der Waals surface area contributed by atoms with E-state index in [0.717, 1.165) is 6.42 Å². The van der Waals surface area contributed by atoms with Crippen LogP contribution < -0.4 is 5.32 Å². The third-order valence-electron chi connectivity index (χ3n) is 1.73. The average Bonchev–Trinajstić information content (AvgIpc) is 2.20. The van der Waals surface area contributed by atoms with Crippen LogP contribution in [0.5, 0.6) is 0 Å². The second kappa shape index (κ2) is 5.45. The van der Waals surface area contributed by atoms with Crippen molar-refractivity contribution in [2.24, 2.45) is 0 Å². The van der Waals surface area contributed by atoms with Crippen LogP contribution in [0.2, 0.25) is 0 Å². The molecule has 1 heterocycles. The average molecular weight is 272 g/mol. The Morgan fingerprint density at radius 1 is 1.67 bits per heavy atom. The van der Waals surface area contributed by atoms with Crippen molar-refractivity contribution in [1.29, 1.82) is 0 Å². The van der Waals surface area contributed by atoms with Gasteiger partial charge in [-0.25, -0.2) is 0 Å². The van der Waals surface area contributed by atoms with Crippen molar-refractivity contribution >= 4 is 27.3 Å². The number of pyridine rings is 1. The Balaban J connectivity index is 2.92. The largest absolute Gasteiger partial charge is 0.378 e. The molecule has 0 spiro atoms. The molecule has 0 saturated carbocycles. The number of anilines is 1. The molecule has 1 aromatic heterocycles. The lowest BCUT2D eigenvalue weighted by Crippen LogP contribution is -2.04. The maximum absolute atomic E-state index is 10.7. The number of aromatic nitrogens is 1. The lowest BCUT2D eigenvalue weighted by Gasteiger charge is -2.06. The van der Waals surface area contributed by atoms with Crippen molar-refractivity contribution in [1.82, 2.24) is 4.98 Å². The number of rotatable bonds is 5. The van der Waals surface area contributed by atoms with Crippen LogP contribution in [0.4, 0.5) is 11.4 Å². The van der Waals surface area contributed by atoms with Crippen LogP contribution in [0.3, 0.4) is 0 Å². The highest BCUT2D eigenvalue weighted by Gasteiger charge is 2.16. The van der Waals surface area contributed by atoms with Gasteiger partial charge < -0.3 is 5.32 Å². The summed E-state index contributed by atoms with van der Waals surface area (Å²) in [6.45, 7) is 4.18. The van der Waals surface area contributed by atoms with Gasteiger partial charge in [-0.3, -0.25) is 15.1 Å². The highest BCUT2D eigenvalue weighted by molar-refractivity contribution is 9.10. The Morgan fingerprint density at radius 3 is 3.00 bits per heavy atom. The summed E-state index contributed by atoms with van der Waals surface area (Å²) in [5.41, 5.74) is 0.422. The minimum absolute atomic E-state index is 0.0339. The van der Waals surface area contributed by atoms with Crippen molar-refractivity contribution < 1.29 is 4.92 Å². The third-order valence-corrected chi connectivity index (χ3v) is 2.33.